The van der Waals surface area contributed by atoms with Crippen molar-refractivity contribution in [1.82, 2.24) is 0 Å². The van der Waals surface area contributed by atoms with Crippen LogP contribution in [0.25, 0.3) is 0 Å². The summed E-state index contributed by atoms with van der Waals surface area (Å²) in [5, 5.41) is 0. The first-order valence-corrected chi connectivity index (χ1v) is 3.66. The van der Waals surface area contributed by atoms with E-state index in [2.05, 4.69) is 13.8 Å². The molecule has 0 saturated heterocycles. The van der Waals surface area contributed by atoms with E-state index < -0.39 is 0 Å². The highest BCUT2D eigenvalue weighted by atomic mass is 16.1. The Morgan fingerprint density at radius 1 is 1.56 bits per heavy atom. The Labute approximate surface area is 57.5 Å². The van der Waals surface area contributed by atoms with Crippen molar-refractivity contribution in [2.75, 3.05) is 0 Å². The summed E-state index contributed by atoms with van der Waals surface area (Å²) in [4.78, 5) is 10.5. The molecule has 0 N–H and O–H groups in total. The molecule has 0 radical (unpaired) electrons. The molecule has 0 aliphatic rings. The molecule has 1 nitrogen and oxygen atoms in total. The van der Waals surface area contributed by atoms with Gasteiger partial charge in [-0.15, -0.1) is 0 Å². The van der Waals surface area contributed by atoms with E-state index in [-0.39, 0.29) is 0 Å². The smallest absolute Gasteiger partial charge is 0.129 e. The Morgan fingerprint density at radius 2 is 2.11 bits per heavy atom. The number of carbonyl (C=O) groups excluding carboxylic acids is 1. The van der Waals surface area contributed by atoms with Crippen molar-refractivity contribution in [2.24, 2.45) is 5.92 Å². The van der Waals surface area contributed by atoms with Gasteiger partial charge in [0.15, 0.2) is 0 Å². The van der Waals surface area contributed by atoms with Crippen LogP contribution in [0.1, 0.15) is 40.0 Å². The van der Waals surface area contributed by atoms with Gasteiger partial charge in [0.05, 0.1) is 0 Å². The first-order chi connectivity index (χ1) is 4.16. The summed E-state index contributed by atoms with van der Waals surface area (Å²) in [5.74, 6) is 1.03. The van der Waals surface area contributed by atoms with E-state index in [0.29, 0.717) is 11.7 Å². The second kappa shape index (κ2) is 4.54. The SMILES string of the molecule is CC[C@@H](C)CCC(C)=O. The predicted molar refractivity (Wildman–Crippen MR) is 39.4 cm³/mol. The van der Waals surface area contributed by atoms with Crippen molar-refractivity contribution in [2.45, 2.75) is 40.0 Å². The van der Waals surface area contributed by atoms with Crippen LogP contribution in [0.5, 0.6) is 0 Å². The minimum absolute atomic E-state index is 0.315. The van der Waals surface area contributed by atoms with Crippen molar-refractivity contribution in [3.8, 4) is 0 Å². The normalized spacial score (nSPS) is 13.2. The summed E-state index contributed by atoms with van der Waals surface area (Å²) in [7, 11) is 0. The largest absolute Gasteiger partial charge is 0.300 e. The molecule has 0 aliphatic carbocycles. The minimum atomic E-state index is 0.315. The molecule has 54 valence electrons. The summed E-state index contributed by atoms with van der Waals surface area (Å²) in [6.45, 7) is 6.00. The average Bonchev–Trinajstić information content (AvgIpc) is 1.83. The molecule has 0 unspecified atom stereocenters. The Morgan fingerprint density at radius 3 is 2.44 bits per heavy atom. The molecule has 0 spiro atoms. The van der Waals surface area contributed by atoms with Crippen LogP contribution in [0.4, 0.5) is 0 Å². The highest BCUT2D eigenvalue weighted by molar-refractivity contribution is 5.75. The molecule has 1 heteroatoms. The van der Waals surface area contributed by atoms with Crippen LogP contribution < -0.4 is 0 Å². The van der Waals surface area contributed by atoms with Gasteiger partial charge in [0, 0.05) is 6.42 Å². The zero-order valence-electron chi connectivity index (χ0n) is 6.61. The van der Waals surface area contributed by atoms with Gasteiger partial charge in [-0.25, -0.2) is 0 Å². The van der Waals surface area contributed by atoms with Crippen LogP contribution in [-0.2, 0) is 4.79 Å². The van der Waals surface area contributed by atoms with E-state index in [1.165, 1.54) is 6.42 Å². The van der Waals surface area contributed by atoms with Crippen molar-refractivity contribution >= 4 is 5.78 Å². The van der Waals surface area contributed by atoms with Gasteiger partial charge in [-0.2, -0.15) is 0 Å². The third-order valence-corrected chi connectivity index (χ3v) is 1.69. The summed E-state index contributed by atoms with van der Waals surface area (Å²) in [6, 6.07) is 0. The van der Waals surface area contributed by atoms with E-state index in [9.17, 15) is 4.79 Å². The Hall–Kier alpha value is -0.330. The molecule has 0 saturated carbocycles. The van der Waals surface area contributed by atoms with Crippen LogP contribution in [0.3, 0.4) is 0 Å². The van der Waals surface area contributed by atoms with Gasteiger partial charge in [-0.3, -0.25) is 0 Å². The van der Waals surface area contributed by atoms with Gasteiger partial charge in [-0.1, -0.05) is 20.3 Å². The fourth-order valence-corrected chi connectivity index (χ4v) is 0.654. The molecule has 0 bridgehead atoms. The number of hydrogen-bond acceptors (Lipinski definition) is 1. The molecule has 0 amide bonds. The summed E-state index contributed by atoms with van der Waals surface area (Å²) in [5.41, 5.74) is 0. The van der Waals surface area contributed by atoms with Gasteiger partial charge in [0.1, 0.15) is 5.78 Å². The second-order valence-electron chi connectivity index (χ2n) is 2.75. The number of hydrogen-bond donors (Lipinski definition) is 0. The Bertz CT molecular complexity index is 86.6. The van der Waals surface area contributed by atoms with Gasteiger partial charge in [0.2, 0.25) is 0 Å². The Kier molecular flexibility index (Phi) is 4.37. The van der Waals surface area contributed by atoms with E-state index in [1.807, 2.05) is 0 Å². The van der Waals surface area contributed by atoms with Crippen LogP contribution >= 0.6 is 0 Å². The Balaban J connectivity index is 3.16. The second-order valence-corrected chi connectivity index (χ2v) is 2.75. The quantitative estimate of drug-likeness (QED) is 0.568. The molecule has 0 aromatic heterocycles. The van der Waals surface area contributed by atoms with E-state index in [4.69, 9.17) is 0 Å². The molecule has 0 heterocycles. The lowest BCUT2D eigenvalue weighted by Crippen LogP contribution is -1.96. The first-order valence-electron chi connectivity index (χ1n) is 3.66. The minimum Gasteiger partial charge on any atom is -0.300 e. The highest BCUT2D eigenvalue weighted by Crippen LogP contribution is 2.08. The fraction of sp³-hybridized carbons (Fsp3) is 0.875. The number of ketones is 1. The van der Waals surface area contributed by atoms with Crippen LogP contribution in [0.2, 0.25) is 0 Å². The standard InChI is InChI=1S/C8H16O/c1-4-7(2)5-6-8(3)9/h7H,4-6H2,1-3H3/t7-/m1/s1. The van der Waals surface area contributed by atoms with Crippen molar-refractivity contribution in [3.63, 3.8) is 0 Å². The van der Waals surface area contributed by atoms with Crippen molar-refractivity contribution in [3.05, 3.63) is 0 Å². The lowest BCUT2D eigenvalue weighted by atomic mass is 10.0. The summed E-state index contributed by atoms with van der Waals surface area (Å²) >= 11 is 0. The lowest BCUT2D eigenvalue weighted by Gasteiger charge is -2.04. The molecule has 0 aromatic carbocycles. The van der Waals surface area contributed by atoms with Crippen LogP contribution in [-0.4, -0.2) is 5.78 Å². The van der Waals surface area contributed by atoms with Gasteiger partial charge in [-0.05, 0) is 19.3 Å². The third kappa shape index (κ3) is 5.54. The monoisotopic (exact) mass is 128 g/mol. The maximum Gasteiger partial charge on any atom is 0.129 e. The predicted octanol–water partition coefficient (Wildman–Crippen LogP) is 2.40. The summed E-state index contributed by atoms with van der Waals surface area (Å²) < 4.78 is 0. The molecule has 1 atom stereocenters. The number of carbonyl (C=O) groups is 1. The van der Waals surface area contributed by atoms with Gasteiger partial charge in [0.25, 0.3) is 0 Å². The summed E-state index contributed by atoms with van der Waals surface area (Å²) in [6.07, 6.45) is 3.01. The maximum absolute atomic E-state index is 10.5. The topological polar surface area (TPSA) is 17.1 Å². The van der Waals surface area contributed by atoms with E-state index in [1.54, 1.807) is 6.92 Å². The highest BCUT2D eigenvalue weighted by Gasteiger charge is 1.99. The van der Waals surface area contributed by atoms with Gasteiger partial charge >= 0.3 is 0 Å². The number of rotatable bonds is 4. The maximum atomic E-state index is 10.5. The van der Waals surface area contributed by atoms with Crippen molar-refractivity contribution < 1.29 is 4.79 Å². The first kappa shape index (κ1) is 8.67. The number of Topliss-reactive ketones (excluding diaryl/α,β-unsaturated/α-hetero) is 1. The molecule has 0 aromatic rings. The molecular formula is C8H16O. The molecule has 0 aliphatic heterocycles. The molecule has 0 fully saturated rings. The third-order valence-electron chi connectivity index (χ3n) is 1.69. The lowest BCUT2D eigenvalue weighted by molar-refractivity contribution is -0.117. The van der Waals surface area contributed by atoms with Crippen molar-refractivity contribution in [1.29, 1.82) is 0 Å². The molecular weight excluding hydrogens is 112 g/mol. The van der Waals surface area contributed by atoms with E-state index in [0.717, 1.165) is 12.8 Å². The van der Waals surface area contributed by atoms with Crippen LogP contribution in [0, 0.1) is 5.92 Å². The zero-order chi connectivity index (χ0) is 7.28. The fourth-order valence-electron chi connectivity index (χ4n) is 0.654. The van der Waals surface area contributed by atoms with Crippen LogP contribution in [0.15, 0.2) is 0 Å². The zero-order valence-corrected chi connectivity index (χ0v) is 6.61. The average molecular weight is 128 g/mol. The van der Waals surface area contributed by atoms with E-state index >= 15 is 0 Å². The van der Waals surface area contributed by atoms with Gasteiger partial charge < -0.3 is 4.79 Å². The molecule has 9 heavy (non-hydrogen) atoms. The molecule has 0 rings (SSSR count).